The van der Waals surface area contributed by atoms with Crippen LogP contribution in [-0.4, -0.2) is 37.1 Å². The van der Waals surface area contributed by atoms with E-state index in [0.717, 1.165) is 37.9 Å². The zero-order valence-electron chi connectivity index (χ0n) is 12.1. The van der Waals surface area contributed by atoms with E-state index in [4.69, 9.17) is 13.7 Å². The highest BCUT2D eigenvalue weighted by Gasteiger charge is 2.26. The first-order valence-electron chi connectivity index (χ1n) is 7.31. The van der Waals surface area contributed by atoms with Crippen molar-refractivity contribution < 1.29 is 18.5 Å². The molecule has 1 rings (SSSR count). The third kappa shape index (κ3) is 7.80. The summed E-state index contributed by atoms with van der Waals surface area (Å²) in [4.78, 5) is 11.5. The smallest absolute Gasteiger partial charge is 0.305 e. The van der Waals surface area contributed by atoms with Gasteiger partial charge in [0.15, 0.2) is 0 Å². The Morgan fingerprint density at radius 1 is 1.21 bits per heavy atom. The van der Waals surface area contributed by atoms with Crippen LogP contribution in [0.15, 0.2) is 0 Å². The van der Waals surface area contributed by atoms with Gasteiger partial charge in [0.2, 0.25) is 0 Å². The zero-order chi connectivity index (χ0) is 13.9. The van der Waals surface area contributed by atoms with Crippen LogP contribution >= 0.6 is 12.0 Å². The van der Waals surface area contributed by atoms with Gasteiger partial charge in [-0.1, -0.05) is 26.7 Å². The van der Waals surface area contributed by atoms with Gasteiger partial charge in [0.1, 0.15) is 6.61 Å². The van der Waals surface area contributed by atoms with E-state index in [9.17, 15) is 4.79 Å². The molecule has 0 aromatic rings. The van der Waals surface area contributed by atoms with Gasteiger partial charge >= 0.3 is 5.97 Å². The Hall–Kier alpha value is -0.260. The summed E-state index contributed by atoms with van der Waals surface area (Å²) in [7, 11) is 0. The lowest BCUT2D eigenvalue weighted by Gasteiger charge is -2.13. The van der Waals surface area contributed by atoms with Crippen LogP contribution in [0.2, 0.25) is 0 Å². The van der Waals surface area contributed by atoms with Crippen molar-refractivity contribution >= 4 is 18.0 Å². The normalized spacial score (nSPS) is 22.6. The van der Waals surface area contributed by atoms with Gasteiger partial charge < -0.3 is 13.7 Å². The van der Waals surface area contributed by atoms with Crippen LogP contribution in [-0.2, 0) is 18.5 Å². The van der Waals surface area contributed by atoms with E-state index in [0.29, 0.717) is 19.6 Å². The van der Waals surface area contributed by atoms with E-state index in [1.165, 1.54) is 12.0 Å². The molecule has 0 saturated carbocycles. The Bertz CT molecular complexity index is 248. The summed E-state index contributed by atoms with van der Waals surface area (Å²) in [6.45, 7) is 5.19. The summed E-state index contributed by atoms with van der Waals surface area (Å²) in [5, 5.41) is 0. The average molecular weight is 290 g/mol. The minimum Gasteiger partial charge on any atom is -0.463 e. The number of rotatable bonds is 10. The van der Waals surface area contributed by atoms with Crippen LogP contribution in [0.1, 0.15) is 52.4 Å². The molecule has 0 spiro atoms. The Morgan fingerprint density at radius 3 is 2.63 bits per heavy atom. The molecule has 0 aliphatic carbocycles. The lowest BCUT2D eigenvalue weighted by Crippen LogP contribution is -2.21. The van der Waals surface area contributed by atoms with E-state index in [1.807, 2.05) is 0 Å². The first-order chi connectivity index (χ1) is 9.26. The fourth-order valence-electron chi connectivity index (χ4n) is 2.01. The van der Waals surface area contributed by atoms with Crippen LogP contribution in [0.25, 0.3) is 0 Å². The van der Waals surface area contributed by atoms with Gasteiger partial charge in [0.25, 0.3) is 0 Å². The molecule has 19 heavy (non-hydrogen) atoms. The number of unbranched alkanes of at least 4 members (excludes halogenated alkanes) is 2. The molecule has 1 aliphatic heterocycles. The monoisotopic (exact) mass is 290 g/mol. The molecule has 0 aromatic heterocycles. The van der Waals surface area contributed by atoms with Crippen molar-refractivity contribution in [2.75, 3.05) is 19.0 Å². The topological polar surface area (TPSA) is 44.8 Å². The van der Waals surface area contributed by atoms with Crippen molar-refractivity contribution in [3.05, 3.63) is 0 Å². The third-order valence-electron chi connectivity index (χ3n) is 3.07. The van der Waals surface area contributed by atoms with Gasteiger partial charge in [-0.2, -0.15) is 0 Å². The number of esters is 1. The molecular formula is C14H26O4S. The average Bonchev–Trinajstić information content (AvgIpc) is 2.85. The van der Waals surface area contributed by atoms with Crippen LogP contribution < -0.4 is 0 Å². The van der Waals surface area contributed by atoms with Crippen molar-refractivity contribution in [2.24, 2.45) is 0 Å². The molecule has 2 atom stereocenters. The van der Waals surface area contributed by atoms with E-state index in [-0.39, 0.29) is 18.2 Å². The fraction of sp³-hybridized carbons (Fsp3) is 0.929. The van der Waals surface area contributed by atoms with Crippen molar-refractivity contribution in [1.29, 1.82) is 0 Å². The van der Waals surface area contributed by atoms with Gasteiger partial charge in [-0.3, -0.25) is 4.79 Å². The predicted molar refractivity (Wildman–Crippen MR) is 77.1 cm³/mol. The first-order valence-corrected chi connectivity index (χ1v) is 8.22. The molecule has 0 bridgehead atoms. The van der Waals surface area contributed by atoms with Gasteiger partial charge in [0.05, 0.1) is 18.8 Å². The summed E-state index contributed by atoms with van der Waals surface area (Å²) in [6.07, 6.45) is 5.81. The molecule has 1 fully saturated rings. The van der Waals surface area contributed by atoms with E-state index >= 15 is 0 Å². The second-order valence-electron chi connectivity index (χ2n) is 4.79. The molecule has 0 N–H and O–H groups in total. The molecule has 0 amide bonds. The molecule has 1 saturated heterocycles. The summed E-state index contributed by atoms with van der Waals surface area (Å²) < 4.78 is 16.4. The van der Waals surface area contributed by atoms with Crippen LogP contribution in [0.4, 0.5) is 0 Å². The molecule has 0 radical (unpaired) electrons. The van der Waals surface area contributed by atoms with Crippen molar-refractivity contribution in [1.82, 2.24) is 0 Å². The largest absolute Gasteiger partial charge is 0.463 e. The highest BCUT2D eigenvalue weighted by Crippen LogP contribution is 2.21. The zero-order valence-corrected chi connectivity index (χ0v) is 12.9. The molecule has 0 aromatic carbocycles. The Labute approximate surface area is 120 Å². The van der Waals surface area contributed by atoms with Gasteiger partial charge in [-0.05, 0) is 31.3 Å². The highest BCUT2D eigenvalue weighted by molar-refractivity contribution is 7.94. The maximum absolute atomic E-state index is 11.5. The SMILES string of the molecule is CCCCCC(=O)OC[C@@H]1CCC(COSCC)O1. The van der Waals surface area contributed by atoms with E-state index in [1.54, 1.807) is 0 Å². The summed E-state index contributed by atoms with van der Waals surface area (Å²) in [5.41, 5.74) is 0. The lowest BCUT2D eigenvalue weighted by molar-refractivity contribution is -0.147. The van der Waals surface area contributed by atoms with Crippen molar-refractivity contribution in [3.63, 3.8) is 0 Å². The number of carbonyl (C=O) groups excluding carboxylic acids is 1. The quantitative estimate of drug-likeness (QED) is 0.351. The molecule has 4 nitrogen and oxygen atoms in total. The summed E-state index contributed by atoms with van der Waals surface area (Å²) >= 11 is 1.46. The molecule has 1 aliphatic rings. The predicted octanol–water partition coefficient (Wildman–Crippen LogP) is 3.34. The number of ether oxygens (including phenoxy) is 2. The van der Waals surface area contributed by atoms with Crippen LogP contribution in [0.3, 0.4) is 0 Å². The standard InChI is InChI=1S/C14H26O4S/c1-3-5-6-7-14(15)16-10-12-8-9-13(18-12)11-17-19-4-2/h12-13H,3-11H2,1-2H3/t12-,13?/m0/s1. The van der Waals surface area contributed by atoms with Crippen molar-refractivity contribution in [3.8, 4) is 0 Å². The molecule has 1 unspecified atom stereocenters. The number of carbonyl (C=O) groups is 1. The van der Waals surface area contributed by atoms with Crippen LogP contribution in [0, 0.1) is 0 Å². The fourth-order valence-corrected chi connectivity index (χ4v) is 2.42. The molecule has 112 valence electrons. The summed E-state index contributed by atoms with van der Waals surface area (Å²) in [5.74, 6) is 0.851. The Kier molecular flexibility index (Phi) is 9.30. The first kappa shape index (κ1) is 16.8. The van der Waals surface area contributed by atoms with E-state index < -0.39 is 0 Å². The van der Waals surface area contributed by atoms with Gasteiger partial charge in [-0.15, -0.1) is 0 Å². The van der Waals surface area contributed by atoms with Crippen LogP contribution in [0.5, 0.6) is 0 Å². The summed E-state index contributed by atoms with van der Waals surface area (Å²) in [6, 6.07) is 0. The molecule has 1 heterocycles. The van der Waals surface area contributed by atoms with Crippen molar-refractivity contribution in [2.45, 2.75) is 64.6 Å². The third-order valence-corrected chi connectivity index (χ3v) is 3.60. The minimum absolute atomic E-state index is 0.0513. The second-order valence-corrected chi connectivity index (χ2v) is 5.84. The van der Waals surface area contributed by atoms with Gasteiger partial charge in [0, 0.05) is 12.2 Å². The number of hydrogen-bond acceptors (Lipinski definition) is 5. The van der Waals surface area contributed by atoms with E-state index in [2.05, 4.69) is 13.8 Å². The highest BCUT2D eigenvalue weighted by atomic mass is 32.2. The maximum Gasteiger partial charge on any atom is 0.305 e. The Balaban J connectivity index is 2.03. The maximum atomic E-state index is 11.5. The second kappa shape index (κ2) is 10.5. The van der Waals surface area contributed by atoms with Gasteiger partial charge in [-0.25, -0.2) is 0 Å². The number of hydrogen-bond donors (Lipinski definition) is 0. The lowest BCUT2D eigenvalue weighted by atomic mass is 10.2. The minimum atomic E-state index is -0.0988. The molecule has 5 heteroatoms. The molecular weight excluding hydrogens is 264 g/mol. The Morgan fingerprint density at radius 2 is 1.95 bits per heavy atom.